The van der Waals surface area contributed by atoms with Crippen molar-refractivity contribution in [2.75, 3.05) is 33.4 Å². The number of nitrogens with one attached hydrogen (secondary N) is 1. The summed E-state index contributed by atoms with van der Waals surface area (Å²) in [6, 6.07) is 8.51. The summed E-state index contributed by atoms with van der Waals surface area (Å²) in [4.78, 5) is 18.0. The second kappa shape index (κ2) is 13.4. The second-order valence-electron chi connectivity index (χ2n) is 10.3. The number of amides is 2. The summed E-state index contributed by atoms with van der Waals surface area (Å²) in [6.07, 6.45) is 10.0. The Morgan fingerprint density at radius 3 is 2.72 bits per heavy atom. The van der Waals surface area contributed by atoms with Crippen LogP contribution < -0.4 is 25.4 Å². The molecule has 5 rings (SSSR count). The summed E-state index contributed by atoms with van der Waals surface area (Å²) < 4.78 is 47.1. The van der Waals surface area contributed by atoms with Crippen LogP contribution in [0.25, 0.3) is 10.9 Å². The molecule has 1 aromatic heterocycles. The van der Waals surface area contributed by atoms with E-state index >= 15 is 4.39 Å². The predicted octanol–water partition coefficient (Wildman–Crippen LogP) is 5.96. The molecular weight excluding hydrogens is 580 g/mol. The first-order chi connectivity index (χ1) is 20.8. The summed E-state index contributed by atoms with van der Waals surface area (Å²) >= 11 is 6.49. The Labute approximate surface area is 252 Å². The Hall–Kier alpha value is -4.22. The minimum absolute atomic E-state index is 0.0626. The number of rotatable bonds is 11. The topological polar surface area (TPSA) is 111 Å². The molecule has 226 valence electrons. The monoisotopic (exact) mass is 611 g/mol. The van der Waals surface area contributed by atoms with Crippen molar-refractivity contribution >= 4 is 34.7 Å². The normalized spacial score (nSPS) is 20.4. The van der Waals surface area contributed by atoms with Gasteiger partial charge in [0.1, 0.15) is 11.6 Å². The van der Waals surface area contributed by atoms with Crippen LogP contribution in [0.15, 0.2) is 71.8 Å². The third-order valence-electron chi connectivity index (χ3n) is 7.45. The van der Waals surface area contributed by atoms with Gasteiger partial charge in [-0.1, -0.05) is 12.1 Å². The van der Waals surface area contributed by atoms with Gasteiger partial charge in [-0.2, -0.15) is 5.10 Å². The molecule has 0 bridgehead atoms. The summed E-state index contributed by atoms with van der Waals surface area (Å²) in [7, 11) is 1.55. The molecule has 1 saturated heterocycles. The second-order valence-corrected chi connectivity index (χ2v) is 10.8. The van der Waals surface area contributed by atoms with Crippen LogP contribution in [-0.4, -0.2) is 60.9 Å². The van der Waals surface area contributed by atoms with Gasteiger partial charge in [0.2, 0.25) is 0 Å². The van der Waals surface area contributed by atoms with Crippen molar-refractivity contribution in [2.45, 2.75) is 30.1 Å². The van der Waals surface area contributed by atoms with E-state index in [-0.39, 0.29) is 5.75 Å². The fourth-order valence-electron chi connectivity index (χ4n) is 5.23. The number of likely N-dealkylation sites (tertiary alicyclic amines) is 1. The third-order valence-corrected chi connectivity index (χ3v) is 7.93. The molecule has 1 aliphatic carbocycles. The van der Waals surface area contributed by atoms with Gasteiger partial charge in [-0.3, -0.25) is 4.98 Å². The summed E-state index contributed by atoms with van der Waals surface area (Å²) in [5.74, 6) is 0.114. The number of carbonyl (C=O) groups is 1. The number of primary amides is 1. The quantitative estimate of drug-likeness (QED) is 0.120. The lowest BCUT2D eigenvalue weighted by Crippen LogP contribution is -2.38. The van der Waals surface area contributed by atoms with Crippen molar-refractivity contribution in [1.82, 2.24) is 15.3 Å². The Bertz CT molecular complexity index is 1580. The van der Waals surface area contributed by atoms with Gasteiger partial charge in [-0.15, -0.1) is 11.6 Å². The molecule has 3 aromatic rings. The van der Waals surface area contributed by atoms with Crippen LogP contribution in [-0.2, 0) is 5.41 Å². The summed E-state index contributed by atoms with van der Waals surface area (Å²) in [5.41, 5.74) is 6.84. The number of benzene rings is 2. The first kappa shape index (κ1) is 30.2. The number of ether oxygens (including phenoxy) is 3. The number of aromatic nitrogens is 1. The minimum atomic E-state index is -1.28. The number of methoxy groups -OCH3 is 1. The van der Waals surface area contributed by atoms with Crippen LogP contribution in [0.3, 0.4) is 0 Å². The van der Waals surface area contributed by atoms with E-state index < -0.39 is 28.5 Å². The first-order valence-electron chi connectivity index (χ1n) is 13.9. The first-order valence-corrected chi connectivity index (χ1v) is 14.3. The molecule has 1 aliphatic heterocycles. The smallest absolute Gasteiger partial charge is 0.332 e. The molecule has 2 aliphatic rings. The zero-order valence-corrected chi connectivity index (χ0v) is 24.3. The molecule has 1 fully saturated rings. The number of pyridine rings is 1. The number of nitrogens with two attached hydrogens (primary N) is 1. The van der Waals surface area contributed by atoms with Gasteiger partial charge in [-0.25, -0.2) is 19.0 Å². The van der Waals surface area contributed by atoms with Crippen LogP contribution in [0.5, 0.6) is 23.0 Å². The molecule has 2 aromatic carbocycles. The lowest BCUT2D eigenvalue weighted by Gasteiger charge is -2.32. The number of fused-ring (bicyclic) bond motifs is 1. The van der Waals surface area contributed by atoms with Crippen molar-refractivity contribution in [3.05, 3.63) is 78.0 Å². The fraction of sp³-hybridized carbons (Fsp3) is 0.323. The average molecular weight is 612 g/mol. The van der Waals surface area contributed by atoms with Gasteiger partial charge in [0, 0.05) is 30.4 Å². The molecular formula is C31H32ClF2N5O4. The van der Waals surface area contributed by atoms with Gasteiger partial charge in [-0.05, 0) is 74.3 Å². The van der Waals surface area contributed by atoms with E-state index in [9.17, 15) is 9.18 Å². The van der Waals surface area contributed by atoms with Crippen LogP contribution in [0.2, 0.25) is 0 Å². The number of halogens is 3. The van der Waals surface area contributed by atoms with E-state index in [0.29, 0.717) is 40.3 Å². The molecule has 2 amide bonds. The van der Waals surface area contributed by atoms with Crippen molar-refractivity contribution in [2.24, 2.45) is 10.8 Å². The maximum Gasteiger partial charge on any atom is 0.332 e. The number of carbonyl (C=O) groups excluding carboxylic acids is 1. The highest BCUT2D eigenvalue weighted by molar-refractivity contribution is 6.24. The Morgan fingerprint density at radius 1 is 1.19 bits per heavy atom. The fourth-order valence-corrected chi connectivity index (χ4v) is 5.60. The van der Waals surface area contributed by atoms with E-state index in [1.165, 1.54) is 49.4 Å². The number of hydrazone groups is 1. The van der Waals surface area contributed by atoms with E-state index in [4.69, 9.17) is 31.5 Å². The lowest BCUT2D eigenvalue weighted by molar-refractivity contribution is 0.249. The van der Waals surface area contributed by atoms with Gasteiger partial charge in [0.15, 0.2) is 23.1 Å². The molecule has 12 heteroatoms. The summed E-state index contributed by atoms with van der Waals surface area (Å²) in [5, 5.41) is 3.44. The average Bonchev–Trinajstić information content (AvgIpc) is 3.51. The zero-order valence-electron chi connectivity index (χ0n) is 23.6. The van der Waals surface area contributed by atoms with Crippen LogP contribution in [0.1, 0.15) is 24.8 Å². The van der Waals surface area contributed by atoms with Crippen molar-refractivity contribution in [1.29, 1.82) is 0 Å². The zero-order chi connectivity index (χ0) is 30.4. The van der Waals surface area contributed by atoms with E-state index in [1.807, 2.05) is 0 Å². The summed E-state index contributed by atoms with van der Waals surface area (Å²) in [6.45, 7) is 3.81. The lowest BCUT2D eigenvalue weighted by atomic mass is 9.76. The van der Waals surface area contributed by atoms with Crippen molar-refractivity contribution < 1.29 is 27.8 Å². The molecule has 0 spiro atoms. The van der Waals surface area contributed by atoms with Crippen LogP contribution >= 0.6 is 11.6 Å². The number of hydrogen-bond acceptors (Lipinski definition) is 7. The highest BCUT2D eigenvalue weighted by atomic mass is 35.5. The Morgan fingerprint density at radius 2 is 2.00 bits per heavy atom. The highest BCUT2D eigenvalue weighted by Gasteiger charge is 2.38. The Kier molecular flexibility index (Phi) is 9.42. The van der Waals surface area contributed by atoms with Gasteiger partial charge < -0.3 is 24.8 Å². The number of alkyl halides is 1. The third kappa shape index (κ3) is 6.89. The molecule has 2 unspecified atom stereocenters. The SMILES string of the molecule is COc1cc2c(Oc3ccc(C4(C=NNC(N)=O)C=CC(F)=CC4Cl)cc3F)ccnc2cc1OCCCN1CCCC1. The molecule has 2 atom stereocenters. The van der Waals surface area contributed by atoms with E-state index in [0.717, 1.165) is 26.1 Å². The number of urea groups is 1. The van der Waals surface area contributed by atoms with Crippen LogP contribution in [0, 0.1) is 5.82 Å². The van der Waals surface area contributed by atoms with Gasteiger partial charge in [0.25, 0.3) is 0 Å². The number of hydrogen-bond donors (Lipinski definition) is 2. The molecule has 0 saturated carbocycles. The van der Waals surface area contributed by atoms with E-state index in [2.05, 4.69) is 20.4 Å². The van der Waals surface area contributed by atoms with Crippen molar-refractivity contribution in [3.8, 4) is 23.0 Å². The molecule has 0 radical (unpaired) electrons. The minimum Gasteiger partial charge on any atom is -0.493 e. The van der Waals surface area contributed by atoms with Crippen LogP contribution in [0.4, 0.5) is 13.6 Å². The molecule has 9 nitrogen and oxygen atoms in total. The van der Waals surface area contributed by atoms with Gasteiger partial charge in [0.05, 0.1) is 30.0 Å². The largest absolute Gasteiger partial charge is 0.493 e. The van der Waals surface area contributed by atoms with Crippen molar-refractivity contribution in [3.63, 3.8) is 0 Å². The molecule has 2 heterocycles. The Balaban J connectivity index is 1.37. The maximum absolute atomic E-state index is 15.5. The maximum atomic E-state index is 15.5. The highest BCUT2D eigenvalue weighted by Crippen LogP contribution is 2.40. The van der Waals surface area contributed by atoms with E-state index in [1.54, 1.807) is 37.6 Å². The molecule has 43 heavy (non-hydrogen) atoms. The standard InChI is InChI=1S/C31H32ClF2N5O4/c1-41-27-17-22-24(18-28(27)42-14-4-13-39-11-2-3-12-39)36-10-8-25(22)43-26-6-5-20(15-23(26)34)31(19-37-38-30(35)40)9-7-21(33)16-29(31)32/h5-10,15-19,29H,2-4,11-14H2,1H3,(H3,35,38,40). The molecule has 3 N–H and O–H groups in total. The number of nitrogens with zero attached hydrogens (tertiary/aromatic N) is 3. The van der Waals surface area contributed by atoms with Gasteiger partial charge >= 0.3 is 6.03 Å². The predicted molar refractivity (Wildman–Crippen MR) is 161 cm³/mol. The number of allylic oxidation sites excluding steroid dienone is 4.